The van der Waals surface area contributed by atoms with Crippen molar-refractivity contribution in [3.8, 4) is 0 Å². The number of anilines is 1. The Labute approximate surface area is 137 Å². The lowest BCUT2D eigenvalue weighted by Gasteiger charge is -2.22. The number of benzene rings is 2. The predicted molar refractivity (Wildman–Crippen MR) is 94.3 cm³/mol. The number of carbonyl (C=O) groups excluding carboxylic acids is 1. The van der Waals surface area contributed by atoms with Crippen LogP contribution in [-0.4, -0.2) is 32.0 Å². The molecule has 2 aromatic rings. The number of hydrogen-bond acceptors (Lipinski definition) is 3. The lowest BCUT2D eigenvalue weighted by atomic mass is 10.1. The fraction of sp³-hybridized carbons (Fsp3) is 0.263. The van der Waals surface area contributed by atoms with Crippen LogP contribution in [0, 0.1) is 0 Å². The average Bonchev–Trinajstić information content (AvgIpc) is 2.60. The summed E-state index contributed by atoms with van der Waals surface area (Å²) >= 11 is 0. The van der Waals surface area contributed by atoms with E-state index in [9.17, 15) is 4.79 Å². The van der Waals surface area contributed by atoms with Gasteiger partial charge in [-0.15, -0.1) is 0 Å². The zero-order valence-corrected chi connectivity index (χ0v) is 13.8. The summed E-state index contributed by atoms with van der Waals surface area (Å²) in [5.74, 6) is 0.568. The van der Waals surface area contributed by atoms with Gasteiger partial charge in [-0.3, -0.25) is 4.99 Å². The molecular weight excluding hydrogens is 288 g/mol. The predicted octanol–water partition coefficient (Wildman–Crippen LogP) is 3.77. The summed E-state index contributed by atoms with van der Waals surface area (Å²) in [4.78, 5) is 18.4. The van der Waals surface area contributed by atoms with E-state index >= 15 is 0 Å². The summed E-state index contributed by atoms with van der Waals surface area (Å²) in [5.41, 5.74) is 2.58. The van der Waals surface area contributed by atoms with E-state index < -0.39 is 0 Å². The molecule has 2 rings (SSSR count). The molecule has 0 unspecified atom stereocenters. The standard InChI is InChI=1S/C19H22N2O2/c1-4-20-18(21(3)17-9-7-6-8-10-17)15-11-13-16(14-12-15)19(22)23-5-2/h6-14H,4-5H2,1-3H3. The number of rotatable bonds is 5. The van der Waals surface area contributed by atoms with Gasteiger partial charge in [0.2, 0.25) is 0 Å². The van der Waals surface area contributed by atoms with Gasteiger partial charge >= 0.3 is 5.97 Å². The van der Waals surface area contributed by atoms with Crippen LogP contribution in [0.2, 0.25) is 0 Å². The van der Waals surface area contributed by atoms with Gasteiger partial charge in [0.15, 0.2) is 0 Å². The monoisotopic (exact) mass is 310 g/mol. The first-order valence-corrected chi connectivity index (χ1v) is 7.78. The van der Waals surface area contributed by atoms with E-state index in [0.717, 1.165) is 17.1 Å². The first kappa shape index (κ1) is 16.7. The maximum Gasteiger partial charge on any atom is 0.338 e. The molecule has 0 aliphatic rings. The summed E-state index contributed by atoms with van der Waals surface area (Å²) in [7, 11) is 1.99. The van der Waals surface area contributed by atoms with Crippen LogP contribution in [0.5, 0.6) is 0 Å². The molecule has 0 aromatic heterocycles. The van der Waals surface area contributed by atoms with E-state index in [1.165, 1.54) is 0 Å². The zero-order valence-electron chi connectivity index (χ0n) is 13.8. The minimum atomic E-state index is -0.301. The van der Waals surface area contributed by atoms with Crippen molar-refractivity contribution in [2.75, 3.05) is 25.1 Å². The van der Waals surface area contributed by atoms with Crippen LogP contribution < -0.4 is 4.90 Å². The molecule has 0 fully saturated rings. The van der Waals surface area contributed by atoms with Gasteiger partial charge in [-0.05, 0) is 38.1 Å². The smallest absolute Gasteiger partial charge is 0.338 e. The number of amidine groups is 1. The van der Waals surface area contributed by atoms with Crippen molar-refractivity contribution < 1.29 is 9.53 Å². The highest BCUT2D eigenvalue weighted by molar-refractivity contribution is 6.09. The number of hydrogen-bond donors (Lipinski definition) is 0. The number of carbonyl (C=O) groups is 1. The van der Waals surface area contributed by atoms with Gasteiger partial charge in [0.05, 0.1) is 12.2 Å². The summed E-state index contributed by atoms with van der Waals surface area (Å²) in [5, 5.41) is 0. The molecule has 0 saturated heterocycles. The van der Waals surface area contributed by atoms with Gasteiger partial charge in [0.1, 0.15) is 5.84 Å². The van der Waals surface area contributed by atoms with E-state index in [1.54, 1.807) is 19.1 Å². The third-order valence-corrected chi connectivity index (χ3v) is 3.42. The van der Waals surface area contributed by atoms with E-state index in [1.807, 2.05) is 61.3 Å². The van der Waals surface area contributed by atoms with Crippen molar-refractivity contribution in [1.29, 1.82) is 0 Å². The molecule has 120 valence electrons. The summed E-state index contributed by atoms with van der Waals surface area (Å²) in [6.07, 6.45) is 0. The van der Waals surface area contributed by atoms with Crippen molar-refractivity contribution in [3.05, 3.63) is 65.7 Å². The zero-order chi connectivity index (χ0) is 16.7. The largest absolute Gasteiger partial charge is 0.462 e. The van der Waals surface area contributed by atoms with Crippen LogP contribution >= 0.6 is 0 Å². The van der Waals surface area contributed by atoms with Crippen molar-refractivity contribution in [2.24, 2.45) is 4.99 Å². The van der Waals surface area contributed by atoms with Crippen molar-refractivity contribution in [1.82, 2.24) is 0 Å². The molecule has 0 saturated carbocycles. The molecule has 0 N–H and O–H groups in total. The fourth-order valence-electron chi connectivity index (χ4n) is 2.28. The van der Waals surface area contributed by atoms with Gasteiger partial charge < -0.3 is 9.64 Å². The van der Waals surface area contributed by atoms with Crippen LogP contribution in [0.3, 0.4) is 0 Å². The van der Waals surface area contributed by atoms with Gasteiger partial charge in [-0.25, -0.2) is 4.79 Å². The van der Waals surface area contributed by atoms with Crippen LogP contribution in [0.4, 0.5) is 5.69 Å². The van der Waals surface area contributed by atoms with E-state index in [-0.39, 0.29) is 5.97 Å². The second-order valence-corrected chi connectivity index (χ2v) is 4.99. The first-order valence-electron chi connectivity index (χ1n) is 7.78. The lowest BCUT2D eigenvalue weighted by Crippen LogP contribution is -2.27. The Morgan fingerprint density at radius 2 is 1.61 bits per heavy atom. The second-order valence-electron chi connectivity index (χ2n) is 4.99. The third kappa shape index (κ3) is 4.19. The Bertz CT molecular complexity index is 664. The van der Waals surface area contributed by atoms with Gasteiger partial charge in [-0.2, -0.15) is 0 Å². The summed E-state index contributed by atoms with van der Waals surface area (Å²) < 4.78 is 5.01. The minimum absolute atomic E-state index is 0.301. The van der Waals surface area contributed by atoms with Crippen molar-refractivity contribution >= 4 is 17.5 Å². The van der Waals surface area contributed by atoms with E-state index in [4.69, 9.17) is 4.74 Å². The molecule has 0 spiro atoms. The highest BCUT2D eigenvalue weighted by Crippen LogP contribution is 2.16. The number of ether oxygens (including phenoxy) is 1. The van der Waals surface area contributed by atoms with Gasteiger partial charge in [0, 0.05) is 24.8 Å². The lowest BCUT2D eigenvalue weighted by molar-refractivity contribution is 0.0526. The van der Waals surface area contributed by atoms with Gasteiger partial charge in [0.25, 0.3) is 0 Å². The van der Waals surface area contributed by atoms with E-state index in [0.29, 0.717) is 18.7 Å². The fourth-order valence-corrected chi connectivity index (χ4v) is 2.28. The molecule has 0 amide bonds. The Morgan fingerprint density at radius 1 is 1.00 bits per heavy atom. The maximum atomic E-state index is 11.7. The highest BCUT2D eigenvalue weighted by atomic mass is 16.5. The van der Waals surface area contributed by atoms with Crippen LogP contribution in [0.15, 0.2) is 59.6 Å². The van der Waals surface area contributed by atoms with Crippen LogP contribution in [0.1, 0.15) is 29.8 Å². The molecule has 0 atom stereocenters. The second kappa shape index (κ2) is 8.13. The Morgan fingerprint density at radius 3 is 2.17 bits per heavy atom. The molecule has 0 aliphatic carbocycles. The highest BCUT2D eigenvalue weighted by Gasteiger charge is 2.12. The van der Waals surface area contributed by atoms with Crippen LogP contribution in [0.25, 0.3) is 0 Å². The molecule has 4 heteroatoms. The average molecular weight is 310 g/mol. The van der Waals surface area contributed by atoms with Crippen molar-refractivity contribution in [3.63, 3.8) is 0 Å². The van der Waals surface area contributed by atoms with Crippen molar-refractivity contribution in [2.45, 2.75) is 13.8 Å². The molecule has 4 nitrogen and oxygen atoms in total. The number of para-hydroxylation sites is 1. The SMILES string of the molecule is CCN=C(c1ccc(C(=O)OCC)cc1)N(C)c1ccccc1. The summed E-state index contributed by atoms with van der Waals surface area (Å²) in [6, 6.07) is 17.4. The topological polar surface area (TPSA) is 41.9 Å². The quantitative estimate of drug-likeness (QED) is 0.479. The number of aliphatic imine (C=N–C) groups is 1. The van der Waals surface area contributed by atoms with Gasteiger partial charge in [-0.1, -0.05) is 30.3 Å². The van der Waals surface area contributed by atoms with Crippen LogP contribution in [-0.2, 0) is 4.74 Å². The summed E-state index contributed by atoms with van der Waals surface area (Å²) in [6.45, 7) is 4.87. The molecule has 0 heterocycles. The Hall–Kier alpha value is -2.62. The molecule has 23 heavy (non-hydrogen) atoms. The minimum Gasteiger partial charge on any atom is -0.462 e. The maximum absolute atomic E-state index is 11.7. The molecule has 0 aliphatic heterocycles. The molecule has 0 radical (unpaired) electrons. The number of esters is 1. The van der Waals surface area contributed by atoms with E-state index in [2.05, 4.69) is 4.99 Å². The number of nitrogens with zero attached hydrogens (tertiary/aromatic N) is 2. The third-order valence-electron chi connectivity index (χ3n) is 3.42. The normalized spacial score (nSPS) is 11.2. The Balaban J connectivity index is 2.28. The first-order chi connectivity index (χ1) is 11.2. The molecular formula is C19H22N2O2. The molecule has 2 aromatic carbocycles. The Kier molecular flexibility index (Phi) is 5.92. The molecule has 0 bridgehead atoms.